The van der Waals surface area contributed by atoms with Gasteiger partial charge in [0.05, 0.1) is 5.56 Å². The molecule has 4 nitrogen and oxygen atoms in total. The van der Waals surface area contributed by atoms with Crippen LogP contribution in [-0.4, -0.2) is 15.9 Å². The second-order valence-corrected chi connectivity index (χ2v) is 5.77. The van der Waals surface area contributed by atoms with Crippen molar-refractivity contribution >= 4 is 27.5 Å². The average Bonchev–Trinajstić information content (AvgIpc) is 2.83. The molecule has 102 valence electrons. The maximum absolute atomic E-state index is 12.5. The first-order valence-electron chi connectivity index (χ1n) is 6.19. The predicted octanol–water partition coefficient (Wildman–Crippen LogP) is 2.89. The number of carbonyl (C=O) groups excluding carboxylic acids is 1. The van der Waals surface area contributed by atoms with Crippen molar-refractivity contribution in [2.24, 2.45) is 0 Å². The van der Waals surface area contributed by atoms with Gasteiger partial charge in [0.1, 0.15) is 5.75 Å². The lowest BCUT2D eigenvalue weighted by atomic mass is 10.1. The zero-order chi connectivity index (χ0) is 14.3. The number of anilines is 1. The number of hydrogen-bond donors (Lipinski definition) is 2. The highest BCUT2D eigenvalue weighted by Gasteiger charge is 2.26. The van der Waals surface area contributed by atoms with Crippen LogP contribution in [0.25, 0.3) is 0 Å². The van der Waals surface area contributed by atoms with Crippen molar-refractivity contribution in [1.82, 2.24) is 4.90 Å². The van der Waals surface area contributed by atoms with Gasteiger partial charge >= 0.3 is 0 Å². The molecular formula is C15H13BrN2O2. The molecule has 20 heavy (non-hydrogen) atoms. The number of fused-ring (bicyclic) bond motifs is 1. The van der Waals surface area contributed by atoms with Crippen LogP contribution in [-0.2, 0) is 13.1 Å². The molecule has 5 heteroatoms. The van der Waals surface area contributed by atoms with Gasteiger partial charge in [-0.15, -0.1) is 0 Å². The number of phenolic OH excluding ortho intramolecular Hbond substituents is 1. The summed E-state index contributed by atoms with van der Waals surface area (Å²) in [7, 11) is 0. The average molecular weight is 333 g/mol. The third-order valence-corrected chi connectivity index (χ3v) is 3.92. The quantitative estimate of drug-likeness (QED) is 0.789. The zero-order valence-corrected chi connectivity index (χ0v) is 12.2. The minimum absolute atomic E-state index is 0.00586. The van der Waals surface area contributed by atoms with E-state index in [0.717, 1.165) is 15.6 Å². The van der Waals surface area contributed by atoms with Gasteiger partial charge < -0.3 is 15.7 Å². The van der Waals surface area contributed by atoms with E-state index < -0.39 is 0 Å². The van der Waals surface area contributed by atoms with Crippen molar-refractivity contribution in [2.45, 2.75) is 13.1 Å². The standard InChI is InChI=1S/C15H13BrN2O2/c16-11-2-4-14(19)13(6-11)15(20)18-7-9-1-3-12(17)5-10(9)8-18/h1-6,19H,7-8,17H2. The zero-order valence-electron chi connectivity index (χ0n) is 10.6. The Labute approximate surface area is 125 Å². The molecule has 1 amide bonds. The second kappa shape index (κ2) is 4.83. The predicted molar refractivity (Wildman–Crippen MR) is 80.2 cm³/mol. The molecule has 1 aliphatic rings. The Morgan fingerprint density at radius 1 is 1.15 bits per heavy atom. The molecule has 0 bridgehead atoms. The van der Waals surface area contributed by atoms with Crippen molar-refractivity contribution in [3.8, 4) is 5.75 Å². The van der Waals surface area contributed by atoms with Crippen molar-refractivity contribution in [2.75, 3.05) is 5.73 Å². The van der Waals surface area contributed by atoms with Crippen molar-refractivity contribution in [3.05, 3.63) is 57.6 Å². The molecule has 0 unspecified atom stereocenters. The third-order valence-electron chi connectivity index (χ3n) is 3.43. The molecule has 2 aromatic carbocycles. The van der Waals surface area contributed by atoms with E-state index in [9.17, 15) is 9.90 Å². The highest BCUT2D eigenvalue weighted by molar-refractivity contribution is 9.10. The molecule has 0 radical (unpaired) electrons. The minimum atomic E-state index is -0.182. The van der Waals surface area contributed by atoms with Crippen LogP contribution in [0, 0.1) is 0 Å². The lowest BCUT2D eigenvalue weighted by molar-refractivity contribution is 0.0748. The lowest BCUT2D eigenvalue weighted by Crippen LogP contribution is -2.25. The normalized spacial score (nSPS) is 13.3. The molecule has 3 rings (SSSR count). The summed E-state index contributed by atoms with van der Waals surface area (Å²) in [5, 5.41) is 9.84. The smallest absolute Gasteiger partial charge is 0.258 e. The fourth-order valence-electron chi connectivity index (χ4n) is 2.41. The van der Waals surface area contributed by atoms with E-state index in [2.05, 4.69) is 15.9 Å². The molecule has 2 aromatic rings. The molecule has 3 N–H and O–H groups in total. The van der Waals surface area contributed by atoms with Crippen LogP contribution >= 0.6 is 15.9 Å². The van der Waals surface area contributed by atoms with Crippen molar-refractivity contribution in [1.29, 1.82) is 0 Å². The lowest BCUT2D eigenvalue weighted by Gasteiger charge is -2.16. The number of rotatable bonds is 1. The van der Waals surface area contributed by atoms with E-state index in [0.29, 0.717) is 24.3 Å². The Balaban J connectivity index is 1.89. The number of aromatic hydroxyl groups is 1. The van der Waals surface area contributed by atoms with Gasteiger partial charge in [-0.05, 0) is 41.5 Å². The number of halogens is 1. The number of hydrogen-bond acceptors (Lipinski definition) is 3. The van der Waals surface area contributed by atoms with Gasteiger partial charge in [0, 0.05) is 23.2 Å². The van der Waals surface area contributed by atoms with E-state index in [1.54, 1.807) is 17.0 Å². The molecule has 0 saturated heterocycles. The number of carbonyl (C=O) groups is 1. The first kappa shape index (κ1) is 13.0. The van der Waals surface area contributed by atoms with E-state index >= 15 is 0 Å². The minimum Gasteiger partial charge on any atom is -0.507 e. The molecule has 0 spiro atoms. The van der Waals surface area contributed by atoms with Crippen LogP contribution in [0.5, 0.6) is 5.75 Å². The fraction of sp³-hybridized carbons (Fsp3) is 0.133. The maximum atomic E-state index is 12.5. The van der Waals surface area contributed by atoms with Crippen molar-refractivity contribution in [3.63, 3.8) is 0 Å². The monoisotopic (exact) mass is 332 g/mol. The molecule has 0 aromatic heterocycles. The van der Waals surface area contributed by atoms with Crippen LogP contribution in [0.4, 0.5) is 5.69 Å². The Morgan fingerprint density at radius 2 is 1.90 bits per heavy atom. The number of amides is 1. The Bertz CT molecular complexity index is 700. The van der Waals surface area contributed by atoms with Gasteiger partial charge in [-0.3, -0.25) is 4.79 Å². The van der Waals surface area contributed by atoms with Gasteiger partial charge in [0.25, 0.3) is 5.91 Å². The largest absolute Gasteiger partial charge is 0.507 e. The molecule has 1 heterocycles. The van der Waals surface area contributed by atoms with Crippen LogP contribution in [0.2, 0.25) is 0 Å². The number of nitrogens with two attached hydrogens (primary N) is 1. The number of nitrogens with zero attached hydrogens (tertiary/aromatic N) is 1. The second-order valence-electron chi connectivity index (χ2n) is 4.85. The summed E-state index contributed by atoms with van der Waals surface area (Å²) in [6.45, 7) is 1.06. The Morgan fingerprint density at radius 3 is 2.70 bits per heavy atom. The summed E-state index contributed by atoms with van der Waals surface area (Å²) in [4.78, 5) is 14.2. The summed E-state index contributed by atoms with van der Waals surface area (Å²) >= 11 is 3.31. The van der Waals surface area contributed by atoms with Crippen LogP contribution in [0.3, 0.4) is 0 Å². The number of phenols is 1. The van der Waals surface area contributed by atoms with E-state index in [1.165, 1.54) is 6.07 Å². The molecule has 1 aliphatic heterocycles. The first-order valence-corrected chi connectivity index (χ1v) is 6.99. The third kappa shape index (κ3) is 2.25. The van der Waals surface area contributed by atoms with Crippen LogP contribution < -0.4 is 5.73 Å². The molecular weight excluding hydrogens is 320 g/mol. The number of nitrogen functional groups attached to an aromatic ring is 1. The van der Waals surface area contributed by atoms with Gasteiger partial charge in [0.2, 0.25) is 0 Å². The topological polar surface area (TPSA) is 66.6 Å². The summed E-state index contributed by atoms with van der Waals surface area (Å²) in [5.74, 6) is -0.188. The number of benzene rings is 2. The highest BCUT2D eigenvalue weighted by Crippen LogP contribution is 2.29. The highest BCUT2D eigenvalue weighted by atomic mass is 79.9. The van der Waals surface area contributed by atoms with Crippen molar-refractivity contribution < 1.29 is 9.90 Å². The SMILES string of the molecule is Nc1ccc2c(c1)CN(C(=O)c1cc(Br)ccc1O)C2. The Hall–Kier alpha value is -2.01. The van der Waals surface area contributed by atoms with E-state index in [-0.39, 0.29) is 11.7 Å². The first-order chi connectivity index (χ1) is 9.54. The Kier molecular flexibility index (Phi) is 3.14. The molecule has 0 aliphatic carbocycles. The summed E-state index contributed by atoms with van der Waals surface area (Å²) in [6, 6.07) is 10.5. The van der Waals surface area contributed by atoms with Gasteiger partial charge in [-0.1, -0.05) is 22.0 Å². The fourth-order valence-corrected chi connectivity index (χ4v) is 2.77. The maximum Gasteiger partial charge on any atom is 0.258 e. The summed E-state index contributed by atoms with van der Waals surface area (Å²) in [6.07, 6.45) is 0. The summed E-state index contributed by atoms with van der Waals surface area (Å²) in [5.41, 5.74) is 8.92. The van der Waals surface area contributed by atoms with Crippen LogP contribution in [0.15, 0.2) is 40.9 Å². The molecule has 0 fully saturated rings. The van der Waals surface area contributed by atoms with Gasteiger partial charge in [-0.2, -0.15) is 0 Å². The van der Waals surface area contributed by atoms with E-state index in [4.69, 9.17) is 5.73 Å². The van der Waals surface area contributed by atoms with E-state index in [1.807, 2.05) is 18.2 Å². The molecule has 0 saturated carbocycles. The molecule has 0 atom stereocenters. The van der Waals surface area contributed by atoms with Gasteiger partial charge in [0.15, 0.2) is 0 Å². The van der Waals surface area contributed by atoms with Crippen LogP contribution in [0.1, 0.15) is 21.5 Å². The van der Waals surface area contributed by atoms with Gasteiger partial charge in [-0.25, -0.2) is 0 Å². The summed E-state index contributed by atoms with van der Waals surface area (Å²) < 4.78 is 0.764.